The summed E-state index contributed by atoms with van der Waals surface area (Å²) < 4.78 is 10.9. The van der Waals surface area contributed by atoms with Crippen molar-refractivity contribution in [3.8, 4) is 5.75 Å². The van der Waals surface area contributed by atoms with Crippen molar-refractivity contribution in [3.63, 3.8) is 0 Å². The van der Waals surface area contributed by atoms with Crippen LogP contribution >= 0.6 is 0 Å². The van der Waals surface area contributed by atoms with Crippen molar-refractivity contribution in [1.29, 1.82) is 0 Å². The fraction of sp³-hybridized carbons (Fsp3) is 0.625. The number of rotatable bonds is 7. The van der Waals surface area contributed by atoms with Crippen molar-refractivity contribution in [3.05, 3.63) is 29.8 Å². The van der Waals surface area contributed by atoms with Crippen LogP contribution in [0.2, 0.25) is 0 Å². The van der Waals surface area contributed by atoms with Gasteiger partial charge in [-0.25, -0.2) is 0 Å². The van der Waals surface area contributed by atoms with Gasteiger partial charge in [-0.05, 0) is 26.0 Å². The summed E-state index contributed by atoms with van der Waals surface area (Å²) in [5.41, 5.74) is 0.336. The van der Waals surface area contributed by atoms with Gasteiger partial charge >= 0.3 is 0 Å². The molecule has 5 nitrogen and oxygen atoms in total. The highest BCUT2D eigenvalue weighted by Crippen LogP contribution is 2.24. The normalized spacial score (nSPS) is 26.8. The minimum atomic E-state index is -0.836. The highest BCUT2D eigenvalue weighted by molar-refractivity contribution is 5.26. The average Bonchev–Trinajstić information content (AvgIpc) is 2.78. The fourth-order valence-electron chi connectivity index (χ4n) is 2.34. The van der Waals surface area contributed by atoms with Gasteiger partial charge in [-0.1, -0.05) is 17.7 Å². The zero-order chi connectivity index (χ0) is 15.3. The van der Waals surface area contributed by atoms with Gasteiger partial charge in [0.1, 0.15) is 24.1 Å². The quantitative estimate of drug-likeness (QED) is 0.696. The monoisotopic (exact) mass is 295 g/mol. The highest BCUT2D eigenvalue weighted by atomic mass is 16.5. The van der Waals surface area contributed by atoms with Crippen LogP contribution in [-0.4, -0.2) is 54.3 Å². The Balaban J connectivity index is 1.65. The Labute approximate surface area is 125 Å². The van der Waals surface area contributed by atoms with Gasteiger partial charge in [-0.3, -0.25) is 0 Å². The number of benzene rings is 1. The minimum absolute atomic E-state index is 0.175. The molecule has 3 N–H and O–H groups in total. The van der Waals surface area contributed by atoms with Gasteiger partial charge in [0.05, 0.1) is 6.10 Å². The third kappa shape index (κ3) is 4.68. The minimum Gasteiger partial charge on any atom is -0.491 e. The maximum absolute atomic E-state index is 10.3. The molecule has 0 bridgehead atoms. The molecule has 1 aliphatic heterocycles. The van der Waals surface area contributed by atoms with Gasteiger partial charge in [0.25, 0.3) is 0 Å². The Morgan fingerprint density at radius 2 is 2.14 bits per heavy atom. The van der Waals surface area contributed by atoms with Crippen LogP contribution in [0.3, 0.4) is 0 Å². The lowest BCUT2D eigenvalue weighted by Crippen LogP contribution is -2.47. The number of aliphatic hydroxyl groups is 2. The smallest absolute Gasteiger partial charge is 0.119 e. The number of hydrogen-bond acceptors (Lipinski definition) is 5. The molecule has 1 aromatic carbocycles. The summed E-state index contributed by atoms with van der Waals surface area (Å²) in [4.78, 5) is 0. The Hall–Kier alpha value is -1.14. The highest BCUT2D eigenvalue weighted by Gasteiger charge is 2.39. The Morgan fingerprint density at radius 1 is 1.43 bits per heavy atom. The van der Waals surface area contributed by atoms with Crippen LogP contribution in [0.15, 0.2) is 24.3 Å². The summed E-state index contributed by atoms with van der Waals surface area (Å²) in [5.74, 6) is 0.746. The molecular weight excluding hydrogens is 270 g/mol. The van der Waals surface area contributed by atoms with E-state index in [1.165, 1.54) is 5.56 Å². The van der Waals surface area contributed by atoms with E-state index in [1.54, 1.807) is 0 Å². The molecule has 5 heteroatoms. The molecule has 118 valence electrons. The molecule has 1 fully saturated rings. The van der Waals surface area contributed by atoms with Gasteiger partial charge in [0, 0.05) is 26.1 Å². The number of ether oxygens (including phenoxy) is 2. The summed E-state index contributed by atoms with van der Waals surface area (Å²) in [5, 5.41) is 23.3. The number of nitrogens with one attached hydrogen (secondary N) is 1. The topological polar surface area (TPSA) is 71.0 Å². The Bertz CT molecular complexity index is 436. The molecule has 0 radical (unpaired) electrons. The number of aryl methyl sites for hydroxylation is 1. The van der Waals surface area contributed by atoms with Crippen LogP contribution in [0.5, 0.6) is 5.75 Å². The summed E-state index contributed by atoms with van der Waals surface area (Å²) in [6.45, 7) is 5.47. The third-order valence-electron chi connectivity index (χ3n) is 3.93. The van der Waals surface area contributed by atoms with Gasteiger partial charge < -0.3 is 25.0 Å². The summed E-state index contributed by atoms with van der Waals surface area (Å²) in [7, 11) is 0. The van der Waals surface area contributed by atoms with Crippen LogP contribution in [0, 0.1) is 6.92 Å². The van der Waals surface area contributed by atoms with E-state index in [-0.39, 0.29) is 12.7 Å². The van der Waals surface area contributed by atoms with Crippen molar-refractivity contribution in [1.82, 2.24) is 5.32 Å². The first-order chi connectivity index (χ1) is 9.99. The molecule has 21 heavy (non-hydrogen) atoms. The third-order valence-corrected chi connectivity index (χ3v) is 3.93. The van der Waals surface area contributed by atoms with Gasteiger partial charge in [0.2, 0.25) is 0 Å². The summed E-state index contributed by atoms with van der Waals surface area (Å²) in [6.07, 6.45) is -0.171. The number of aliphatic hydroxyl groups excluding tert-OH is 1. The lowest BCUT2D eigenvalue weighted by Gasteiger charge is -2.26. The van der Waals surface area contributed by atoms with E-state index in [0.717, 1.165) is 5.75 Å². The van der Waals surface area contributed by atoms with Crippen LogP contribution in [-0.2, 0) is 4.74 Å². The molecule has 0 spiro atoms. The molecule has 0 saturated carbocycles. The first-order valence-corrected chi connectivity index (χ1v) is 7.42. The second kappa shape index (κ2) is 7.22. The summed E-state index contributed by atoms with van der Waals surface area (Å²) in [6, 6.07) is 7.71. The van der Waals surface area contributed by atoms with E-state index in [0.29, 0.717) is 26.1 Å². The molecule has 0 aromatic heterocycles. The van der Waals surface area contributed by atoms with Crippen molar-refractivity contribution in [2.24, 2.45) is 0 Å². The maximum Gasteiger partial charge on any atom is 0.119 e. The predicted octanol–water partition coefficient (Wildman–Crippen LogP) is 0.864. The Morgan fingerprint density at radius 3 is 2.76 bits per heavy atom. The molecule has 1 heterocycles. The Kier molecular flexibility index (Phi) is 5.58. The van der Waals surface area contributed by atoms with E-state index < -0.39 is 11.7 Å². The summed E-state index contributed by atoms with van der Waals surface area (Å²) >= 11 is 0. The zero-order valence-corrected chi connectivity index (χ0v) is 12.7. The average molecular weight is 295 g/mol. The standard InChI is InChI=1S/C16H25NO4/c1-12-3-5-15(6-4-12)21-10-14(18)9-17-11-16(19)7-8-20-13(16)2/h3-6,13-14,17-19H,7-11H2,1-2H3. The van der Waals surface area contributed by atoms with E-state index in [9.17, 15) is 10.2 Å². The van der Waals surface area contributed by atoms with Gasteiger partial charge in [0.15, 0.2) is 0 Å². The lowest BCUT2D eigenvalue weighted by atomic mass is 9.97. The fourth-order valence-corrected chi connectivity index (χ4v) is 2.34. The first kappa shape index (κ1) is 16.2. The van der Waals surface area contributed by atoms with E-state index >= 15 is 0 Å². The molecular formula is C16H25NO4. The molecule has 1 aliphatic rings. The first-order valence-electron chi connectivity index (χ1n) is 7.42. The van der Waals surface area contributed by atoms with E-state index in [2.05, 4.69) is 5.32 Å². The van der Waals surface area contributed by atoms with Gasteiger partial charge in [-0.15, -0.1) is 0 Å². The predicted molar refractivity (Wildman–Crippen MR) is 80.5 cm³/mol. The van der Waals surface area contributed by atoms with E-state index in [4.69, 9.17) is 9.47 Å². The second-order valence-electron chi connectivity index (χ2n) is 5.78. The van der Waals surface area contributed by atoms with Crippen molar-refractivity contribution < 1.29 is 19.7 Å². The van der Waals surface area contributed by atoms with Crippen LogP contribution in [0.1, 0.15) is 18.9 Å². The molecule has 2 rings (SSSR count). The lowest BCUT2D eigenvalue weighted by molar-refractivity contribution is -0.0279. The molecule has 0 amide bonds. The second-order valence-corrected chi connectivity index (χ2v) is 5.78. The SMILES string of the molecule is Cc1ccc(OCC(O)CNCC2(O)CCOC2C)cc1. The molecule has 1 saturated heterocycles. The van der Waals surface area contributed by atoms with Crippen LogP contribution < -0.4 is 10.1 Å². The van der Waals surface area contributed by atoms with Crippen molar-refractivity contribution in [2.45, 2.75) is 38.1 Å². The van der Waals surface area contributed by atoms with E-state index in [1.807, 2.05) is 38.1 Å². The maximum atomic E-state index is 10.3. The van der Waals surface area contributed by atoms with Gasteiger partial charge in [-0.2, -0.15) is 0 Å². The van der Waals surface area contributed by atoms with Crippen LogP contribution in [0.4, 0.5) is 0 Å². The molecule has 0 aliphatic carbocycles. The molecule has 3 atom stereocenters. The molecule has 1 aromatic rings. The van der Waals surface area contributed by atoms with Crippen molar-refractivity contribution >= 4 is 0 Å². The van der Waals surface area contributed by atoms with Crippen molar-refractivity contribution in [2.75, 3.05) is 26.3 Å². The number of hydrogen-bond donors (Lipinski definition) is 3. The largest absolute Gasteiger partial charge is 0.491 e. The zero-order valence-electron chi connectivity index (χ0n) is 12.7. The van der Waals surface area contributed by atoms with Crippen LogP contribution in [0.25, 0.3) is 0 Å². The molecule has 3 unspecified atom stereocenters.